The van der Waals surface area contributed by atoms with Crippen LogP contribution in [-0.2, 0) is 11.2 Å². The molecule has 0 radical (unpaired) electrons. The maximum Gasteiger partial charge on any atom is 0.310 e. The van der Waals surface area contributed by atoms with E-state index in [-0.39, 0.29) is 5.56 Å². The fourth-order valence-electron chi connectivity index (χ4n) is 4.76. The van der Waals surface area contributed by atoms with Gasteiger partial charge in [0.2, 0.25) is 0 Å². The van der Waals surface area contributed by atoms with Crippen molar-refractivity contribution in [3.05, 3.63) is 77.2 Å². The molecule has 0 saturated carbocycles. The van der Waals surface area contributed by atoms with Crippen LogP contribution in [0, 0.1) is 22.9 Å². The third-order valence-corrected chi connectivity index (χ3v) is 6.75. The van der Waals surface area contributed by atoms with Crippen molar-refractivity contribution in [1.82, 2.24) is 9.88 Å². The molecule has 3 aromatic rings. The topological polar surface area (TPSA) is 62.7 Å². The Morgan fingerprint density at radius 3 is 2.83 bits per heavy atom. The third kappa shape index (κ3) is 5.32. The van der Waals surface area contributed by atoms with Gasteiger partial charge in [0.05, 0.1) is 24.2 Å². The Kier molecular flexibility index (Phi) is 7.40. The number of aliphatic carboxylic acids is 1. The minimum absolute atomic E-state index is 0.150. The normalized spacial score (nSPS) is 18.5. The maximum absolute atomic E-state index is 14.6. The Hall–Kier alpha value is -3.39. The number of hydrogen-bond acceptors (Lipinski definition) is 4. The van der Waals surface area contributed by atoms with Gasteiger partial charge < -0.3 is 9.84 Å². The number of fused-ring (bicyclic) bond motifs is 1. The number of pyridine rings is 1. The van der Waals surface area contributed by atoms with Gasteiger partial charge in [-0.1, -0.05) is 24.3 Å². The number of hydrogen-bond donors (Lipinski definition) is 1. The lowest BCUT2D eigenvalue weighted by atomic mass is 9.81. The summed E-state index contributed by atoms with van der Waals surface area (Å²) in [7, 11) is 1.54. The second-order valence-corrected chi connectivity index (χ2v) is 8.94. The van der Waals surface area contributed by atoms with E-state index in [1.54, 1.807) is 31.4 Å². The number of halogens is 3. The molecule has 1 aliphatic rings. The molecule has 1 saturated heterocycles. The molecule has 8 heteroatoms. The van der Waals surface area contributed by atoms with Crippen molar-refractivity contribution in [2.45, 2.75) is 25.7 Å². The van der Waals surface area contributed by atoms with Gasteiger partial charge in [-0.15, -0.1) is 0 Å². The molecule has 1 N–H and O–H groups in total. The van der Waals surface area contributed by atoms with Crippen molar-refractivity contribution in [2.75, 3.05) is 26.7 Å². The van der Waals surface area contributed by atoms with E-state index in [2.05, 4.69) is 4.98 Å². The molecule has 0 aliphatic carbocycles. The van der Waals surface area contributed by atoms with Gasteiger partial charge in [0.15, 0.2) is 11.6 Å². The van der Waals surface area contributed by atoms with Crippen LogP contribution in [0.4, 0.5) is 13.2 Å². The van der Waals surface area contributed by atoms with Crippen molar-refractivity contribution < 1.29 is 27.8 Å². The monoisotopic (exact) mass is 484 g/mol. The summed E-state index contributed by atoms with van der Waals surface area (Å²) < 4.78 is 47.1. The van der Waals surface area contributed by atoms with Crippen molar-refractivity contribution in [3.63, 3.8) is 0 Å². The second kappa shape index (κ2) is 10.5. The number of carboxylic acid groups (broad SMARTS) is 1. The van der Waals surface area contributed by atoms with Crippen LogP contribution in [0.2, 0.25) is 0 Å². The molecule has 0 spiro atoms. The second-order valence-electron chi connectivity index (χ2n) is 8.94. The van der Waals surface area contributed by atoms with E-state index in [0.717, 1.165) is 6.07 Å². The Bertz CT molecular complexity index is 1260. The van der Waals surface area contributed by atoms with Crippen molar-refractivity contribution in [2.24, 2.45) is 5.41 Å². The van der Waals surface area contributed by atoms with Gasteiger partial charge in [0.25, 0.3) is 0 Å². The first-order chi connectivity index (χ1) is 16.8. The summed E-state index contributed by atoms with van der Waals surface area (Å²) in [6, 6.07) is 9.27. The van der Waals surface area contributed by atoms with Crippen LogP contribution in [0.15, 0.2) is 48.7 Å². The molecule has 1 fully saturated rings. The highest BCUT2D eigenvalue weighted by atomic mass is 19.2. The van der Waals surface area contributed by atoms with E-state index in [1.807, 2.05) is 4.90 Å². The van der Waals surface area contributed by atoms with E-state index < -0.39 is 28.8 Å². The molecule has 2 heterocycles. The number of methoxy groups -OCH3 is 1. The van der Waals surface area contributed by atoms with Crippen molar-refractivity contribution in [1.29, 1.82) is 0 Å². The minimum Gasteiger partial charge on any atom is -0.497 e. The van der Waals surface area contributed by atoms with E-state index in [0.29, 0.717) is 67.5 Å². The fraction of sp³-hybridized carbons (Fsp3) is 0.333. The summed E-state index contributed by atoms with van der Waals surface area (Å²) in [5, 5.41) is 10.7. The molecule has 0 amide bonds. The molecule has 1 unspecified atom stereocenters. The highest BCUT2D eigenvalue weighted by molar-refractivity contribution is 5.83. The minimum atomic E-state index is -0.936. The third-order valence-electron chi connectivity index (χ3n) is 6.75. The molecule has 1 aliphatic heterocycles. The number of benzene rings is 2. The van der Waals surface area contributed by atoms with Gasteiger partial charge in [-0.2, -0.15) is 0 Å². The first-order valence-electron chi connectivity index (χ1n) is 11.5. The van der Waals surface area contributed by atoms with Crippen molar-refractivity contribution in [3.8, 4) is 5.75 Å². The number of ether oxygens (including phenoxy) is 1. The number of nitrogens with zero attached hydrogens (tertiary/aromatic N) is 2. The van der Waals surface area contributed by atoms with Gasteiger partial charge in [-0.3, -0.25) is 14.7 Å². The predicted molar refractivity (Wildman–Crippen MR) is 128 cm³/mol. The van der Waals surface area contributed by atoms with Gasteiger partial charge in [0, 0.05) is 24.0 Å². The summed E-state index contributed by atoms with van der Waals surface area (Å²) in [5.41, 5.74) is 0.375. The summed E-state index contributed by atoms with van der Waals surface area (Å²) >= 11 is 0. The Morgan fingerprint density at radius 1 is 1.23 bits per heavy atom. The first kappa shape index (κ1) is 24.7. The Balaban J connectivity index is 1.41. The molecule has 1 atom stereocenters. The summed E-state index contributed by atoms with van der Waals surface area (Å²) in [4.78, 5) is 18.3. The number of rotatable bonds is 9. The lowest BCUT2D eigenvalue weighted by molar-refractivity contribution is -0.148. The number of likely N-dealkylation sites (tertiary alicyclic amines) is 1. The van der Waals surface area contributed by atoms with Crippen molar-refractivity contribution >= 4 is 22.9 Å². The van der Waals surface area contributed by atoms with Crippen LogP contribution in [0.3, 0.4) is 0 Å². The Morgan fingerprint density at radius 2 is 2.06 bits per heavy atom. The van der Waals surface area contributed by atoms with Gasteiger partial charge in [-0.25, -0.2) is 13.2 Å². The number of aryl methyl sites for hydroxylation is 1. The fourth-order valence-corrected chi connectivity index (χ4v) is 4.76. The molecule has 4 rings (SSSR count). The molecule has 0 bridgehead atoms. The van der Waals surface area contributed by atoms with E-state index in [4.69, 9.17) is 4.74 Å². The maximum atomic E-state index is 14.6. The number of carbonyl (C=O) groups is 1. The Labute approximate surface area is 201 Å². The lowest BCUT2D eigenvalue weighted by Gasteiger charge is -2.24. The molecule has 184 valence electrons. The van der Waals surface area contributed by atoms with E-state index in [1.165, 1.54) is 24.4 Å². The molecular formula is C27H27F3N2O3. The largest absolute Gasteiger partial charge is 0.497 e. The predicted octanol–water partition coefficient (Wildman–Crippen LogP) is 5.47. The smallest absolute Gasteiger partial charge is 0.310 e. The molecule has 5 nitrogen and oxygen atoms in total. The standard InChI is InChI=1S/C27H27F3N2O3/c1-35-19-9-10-24-21(15-19)20(23(29)16-31-24)7-3-11-27(26(33)34)12-14-32(17-27)13-4-6-18-5-2-8-22(28)25(18)30/h2,4-6,8-10,15-16H,3,7,11-14,17H2,1H3,(H,33,34). The SMILES string of the molecule is COc1ccc2ncc(F)c(CCCC3(C(=O)O)CCN(CC=Cc4cccc(F)c4F)C3)c2c1. The number of aromatic nitrogens is 1. The zero-order valence-electron chi connectivity index (χ0n) is 19.4. The summed E-state index contributed by atoms with van der Waals surface area (Å²) in [5.74, 6) is -2.50. The molecule has 1 aromatic heterocycles. The zero-order valence-corrected chi connectivity index (χ0v) is 19.4. The van der Waals surface area contributed by atoms with E-state index >= 15 is 0 Å². The summed E-state index contributed by atoms with van der Waals surface area (Å²) in [6.07, 6.45) is 6.16. The van der Waals surface area contributed by atoms with Crippen LogP contribution in [-0.4, -0.2) is 47.7 Å². The average molecular weight is 485 g/mol. The van der Waals surface area contributed by atoms with E-state index in [9.17, 15) is 23.1 Å². The van der Waals surface area contributed by atoms with Crippen LogP contribution in [0.1, 0.15) is 30.4 Å². The number of carboxylic acids is 1. The van der Waals surface area contributed by atoms with Crippen LogP contribution < -0.4 is 4.74 Å². The highest BCUT2D eigenvalue weighted by Gasteiger charge is 2.43. The molecule has 2 aromatic carbocycles. The van der Waals surface area contributed by atoms with Gasteiger partial charge >= 0.3 is 5.97 Å². The van der Waals surface area contributed by atoms with Crippen LogP contribution in [0.25, 0.3) is 17.0 Å². The lowest BCUT2D eigenvalue weighted by Crippen LogP contribution is -2.35. The van der Waals surface area contributed by atoms with Gasteiger partial charge in [0.1, 0.15) is 11.6 Å². The summed E-state index contributed by atoms with van der Waals surface area (Å²) in [6.45, 7) is 1.34. The molecular weight excluding hydrogens is 457 g/mol. The van der Waals surface area contributed by atoms with Gasteiger partial charge in [-0.05, 0) is 62.1 Å². The first-order valence-corrected chi connectivity index (χ1v) is 11.5. The zero-order chi connectivity index (χ0) is 25.0. The highest BCUT2D eigenvalue weighted by Crippen LogP contribution is 2.37. The van der Waals surface area contributed by atoms with Crippen LogP contribution in [0.5, 0.6) is 5.75 Å². The van der Waals surface area contributed by atoms with Crippen LogP contribution >= 0.6 is 0 Å². The average Bonchev–Trinajstić information content (AvgIpc) is 3.27. The quantitative estimate of drug-likeness (QED) is 0.436. The molecule has 35 heavy (non-hydrogen) atoms.